The van der Waals surface area contributed by atoms with E-state index in [1.54, 1.807) is 26.4 Å². The monoisotopic (exact) mass is 710 g/mol. The van der Waals surface area contributed by atoms with Crippen molar-refractivity contribution in [3.05, 3.63) is 45.3 Å². The van der Waals surface area contributed by atoms with E-state index in [2.05, 4.69) is 0 Å². The molecule has 0 spiro atoms. The Kier molecular flexibility index (Phi) is 10.5. The van der Waals surface area contributed by atoms with E-state index in [0.717, 1.165) is 19.3 Å². The van der Waals surface area contributed by atoms with Gasteiger partial charge < -0.3 is 0 Å². The molecule has 0 amide bonds. The van der Waals surface area contributed by atoms with E-state index in [9.17, 15) is 19.2 Å². The average molecular weight is 708 g/mol. The van der Waals surface area contributed by atoms with Crippen LogP contribution in [0.4, 0.5) is 0 Å². The molecule has 4 aromatic rings. The summed E-state index contributed by atoms with van der Waals surface area (Å²) in [4.78, 5) is 46.5. The van der Waals surface area contributed by atoms with Gasteiger partial charge in [0.15, 0.2) is 0 Å². The predicted molar refractivity (Wildman–Crippen MR) is 157 cm³/mol. The summed E-state index contributed by atoms with van der Waals surface area (Å²) in [5.74, 6) is -0.107. The molecule has 2 N–H and O–H groups in total. The number of carboxylic acids is 2. The van der Waals surface area contributed by atoms with E-state index >= 15 is 0 Å². The molecule has 0 saturated carbocycles. The van der Waals surface area contributed by atoms with Gasteiger partial charge in [0.1, 0.15) is 0 Å². The van der Waals surface area contributed by atoms with Crippen molar-refractivity contribution in [1.82, 2.24) is 0 Å². The minimum absolute atomic E-state index is 0.0203. The zero-order chi connectivity index (χ0) is 30.4. The first-order valence-electron chi connectivity index (χ1n) is 13.1. The van der Waals surface area contributed by atoms with Gasteiger partial charge >= 0.3 is 254 Å². The number of benzene rings is 2. The van der Waals surface area contributed by atoms with Crippen LogP contribution in [-0.2, 0) is 9.59 Å². The van der Waals surface area contributed by atoms with Gasteiger partial charge in [0, 0.05) is 0 Å². The number of ketones is 2. The Morgan fingerprint density at radius 3 is 1.64 bits per heavy atom. The van der Waals surface area contributed by atoms with Crippen LogP contribution in [0.2, 0.25) is 0 Å². The molecule has 0 saturated heterocycles. The van der Waals surface area contributed by atoms with Gasteiger partial charge in [-0.2, -0.15) is 0 Å². The molecule has 0 aliphatic carbocycles. The molecular weight excluding hydrogens is 678 g/mol. The zero-order valence-corrected chi connectivity index (χ0v) is 26.7. The number of carboxylic acid groups (broad SMARTS) is 2. The molecule has 42 heavy (non-hydrogen) atoms. The van der Waals surface area contributed by atoms with Crippen LogP contribution in [-0.4, -0.2) is 89.7 Å². The first-order valence-corrected chi connectivity index (χ1v) is 16.5. The van der Waals surface area contributed by atoms with E-state index < -0.39 is 11.9 Å². The third kappa shape index (κ3) is 7.83. The molecule has 0 bridgehead atoms. The summed E-state index contributed by atoms with van der Waals surface area (Å²) in [6.07, 6.45) is -0.126. The van der Waals surface area contributed by atoms with Crippen molar-refractivity contribution in [2.24, 2.45) is 0 Å². The van der Waals surface area contributed by atoms with Crippen LogP contribution in [0.25, 0.3) is 19.3 Å². The summed E-state index contributed by atoms with van der Waals surface area (Å²) in [5, 5.41) is 19.5. The van der Waals surface area contributed by atoms with E-state index in [4.69, 9.17) is 29.2 Å². The molecular formula is C30H30O10Se2. The van der Waals surface area contributed by atoms with E-state index in [-0.39, 0.29) is 72.4 Å². The molecule has 0 radical (unpaired) electrons. The molecule has 0 aliphatic rings. The van der Waals surface area contributed by atoms with Crippen molar-refractivity contribution >= 4 is 71.8 Å². The number of fused-ring (bicyclic) bond motifs is 2. The van der Waals surface area contributed by atoms with Gasteiger partial charge in [0.05, 0.1) is 0 Å². The number of carbonyl (C=O) groups is 4. The topological polar surface area (TPSA) is 146 Å². The minimum atomic E-state index is -0.995. The van der Waals surface area contributed by atoms with E-state index in [1.165, 1.54) is 0 Å². The number of hydrogen-bond donors (Lipinski definition) is 2. The van der Waals surface area contributed by atoms with Crippen molar-refractivity contribution in [3.63, 3.8) is 0 Å². The van der Waals surface area contributed by atoms with Gasteiger partial charge in [-0.25, -0.2) is 0 Å². The molecule has 2 aromatic heterocycles. The molecule has 12 heteroatoms. The standard InChI is InChI=1S/C30H30O10Se2/c1-16(40-24-11-18-13-28(20(32)5-7-30(35)36)42-26(18)15-22(24)38-3)8-9-39-23-10-17-12-27(19(31)4-6-29(33)34)41-25(17)14-21(23)37-2/h10-16H,4-9H2,1-3H3,(H,33,34)(H,35,36). The number of aliphatic carboxylic acids is 2. The van der Waals surface area contributed by atoms with Crippen LogP contribution in [0.1, 0.15) is 57.5 Å². The maximum atomic E-state index is 12.4. The van der Waals surface area contributed by atoms with Crippen molar-refractivity contribution < 1.29 is 48.3 Å². The molecule has 0 aliphatic heterocycles. The maximum absolute atomic E-state index is 12.4. The van der Waals surface area contributed by atoms with Crippen LogP contribution in [0, 0.1) is 0 Å². The average Bonchev–Trinajstić information content (AvgIpc) is 3.57. The SMILES string of the molecule is COc1cc2[se]c(C(=O)CCC(=O)O)cc2cc1OCCC(C)Oc1cc2cc(C(=O)CCC(=O)O)[se]c2cc1OC. The molecule has 1 atom stereocenters. The molecule has 2 aromatic carbocycles. The molecule has 0 fully saturated rings. The van der Waals surface area contributed by atoms with Crippen molar-refractivity contribution in [2.45, 2.75) is 45.1 Å². The molecule has 10 nitrogen and oxygen atoms in total. The second-order valence-electron chi connectivity index (χ2n) is 9.50. The molecule has 4 rings (SSSR count). The fourth-order valence-corrected chi connectivity index (χ4v) is 8.56. The summed E-state index contributed by atoms with van der Waals surface area (Å²) in [6.45, 7) is 2.24. The van der Waals surface area contributed by atoms with Crippen LogP contribution >= 0.6 is 0 Å². The van der Waals surface area contributed by atoms with Crippen molar-refractivity contribution in [3.8, 4) is 23.0 Å². The van der Waals surface area contributed by atoms with E-state index in [0.29, 0.717) is 44.9 Å². The van der Waals surface area contributed by atoms with Crippen LogP contribution in [0.5, 0.6) is 23.0 Å². The molecule has 2 heterocycles. The van der Waals surface area contributed by atoms with Gasteiger partial charge in [0.25, 0.3) is 0 Å². The Morgan fingerprint density at radius 2 is 1.17 bits per heavy atom. The van der Waals surface area contributed by atoms with E-state index in [1.807, 2.05) is 31.2 Å². The Morgan fingerprint density at radius 1 is 0.690 bits per heavy atom. The van der Waals surface area contributed by atoms with Gasteiger partial charge in [-0.05, 0) is 0 Å². The van der Waals surface area contributed by atoms with Crippen LogP contribution < -0.4 is 18.9 Å². The fourth-order valence-electron chi connectivity index (χ4n) is 4.19. The Labute approximate surface area is 253 Å². The number of ether oxygens (including phenoxy) is 4. The second kappa shape index (κ2) is 14.1. The molecule has 1 unspecified atom stereocenters. The fraction of sp³-hybridized carbons (Fsp3) is 0.333. The normalized spacial score (nSPS) is 11.8. The Hall–Kier alpha value is -3.56. The van der Waals surface area contributed by atoms with Crippen LogP contribution in [0.3, 0.4) is 0 Å². The van der Waals surface area contributed by atoms with Gasteiger partial charge in [-0.1, -0.05) is 0 Å². The first kappa shape index (κ1) is 31.4. The van der Waals surface area contributed by atoms with Gasteiger partial charge in [0.2, 0.25) is 0 Å². The number of hydrogen-bond acceptors (Lipinski definition) is 8. The zero-order valence-electron chi connectivity index (χ0n) is 23.3. The number of carbonyl (C=O) groups excluding carboxylic acids is 2. The summed E-state index contributed by atoms with van der Waals surface area (Å²) in [6, 6.07) is 11.0. The van der Waals surface area contributed by atoms with Gasteiger partial charge in [-0.3, -0.25) is 0 Å². The summed E-state index contributed by atoms with van der Waals surface area (Å²) in [7, 11) is 3.10. The quantitative estimate of drug-likeness (QED) is 0.127. The summed E-state index contributed by atoms with van der Waals surface area (Å²) in [5.41, 5.74) is 0. The molecule has 222 valence electrons. The predicted octanol–water partition coefficient (Wildman–Crippen LogP) is 4.46. The third-order valence-corrected chi connectivity index (χ3v) is 11.2. The number of methoxy groups -OCH3 is 2. The summed E-state index contributed by atoms with van der Waals surface area (Å²) < 4.78 is 26.5. The number of rotatable bonds is 16. The number of Topliss-reactive ketones (excluding diaryl/α,β-unsaturated/α-hetero) is 2. The Balaban J connectivity index is 1.40. The third-order valence-electron chi connectivity index (χ3n) is 6.40. The second-order valence-corrected chi connectivity index (χ2v) is 14.1. The Bertz CT molecular complexity index is 1630. The van der Waals surface area contributed by atoms with Crippen molar-refractivity contribution in [1.29, 1.82) is 0 Å². The van der Waals surface area contributed by atoms with Gasteiger partial charge in [-0.15, -0.1) is 0 Å². The summed E-state index contributed by atoms with van der Waals surface area (Å²) >= 11 is -0.454. The van der Waals surface area contributed by atoms with Crippen LogP contribution in [0.15, 0.2) is 36.4 Å². The van der Waals surface area contributed by atoms with Crippen molar-refractivity contribution in [2.75, 3.05) is 20.8 Å². The first-order chi connectivity index (χ1) is 20.1.